The fraction of sp³-hybridized carbons (Fsp3) is 0.0833. The molecule has 0 spiro atoms. The first-order valence-electron chi connectivity index (χ1n) is 8.84. The van der Waals surface area contributed by atoms with E-state index in [0.29, 0.717) is 0 Å². The number of hydrogen-bond donors (Lipinski definition) is 0. The number of allylic oxidation sites excluding steroid dienone is 4. The molecule has 126 valence electrons. The average molecular weight is 336 g/mol. The van der Waals surface area contributed by atoms with Gasteiger partial charge in [0.2, 0.25) is 0 Å². The van der Waals surface area contributed by atoms with Crippen LogP contribution in [0.4, 0.5) is 0 Å². The van der Waals surface area contributed by atoms with Crippen LogP contribution >= 0.6 is 0 Å². The number of nitrogens with zero attached hydrogens (tertiary/aromatic N) is 2. The van der Waals surface area contributed by atoms with Gasteiger partial charge in [-0.05, 0) is 48.2 Å². The zero-order valence-corrected chi connectivity index (χ0v) is 15.0. The maximum Gasteiger partial charge on any atom is 0.0970 e. The summed E-state index contributed by atoms with van der Waals surface area (Å²) in [5.74, 6) is 0. The summed E-state index contributed by atoms with van der Waals surface area (Å²) in [6.07, 6.45) is 10.1. The normalized spacial score (nSPS) is 12.3. The minimum absolute atomic E-state index is 0.946. The van der Waals surface area contributed by atoms with E-state index in [0.717, 1.165) is 21.8 Å². The Morgan fingerprint density at radius 1 is 0.769 bits per heavy atom. The highest BCUT2D eigenvalue weighted by Gasteiger charge is 2.11. The lowest BCUT2D eigenvalue weighted by Gasteiger charge is -2.11. The largest absolute Gasteiger partial charge is 0.254 e. The molecule has 0 saturated heterocycles. The average Bonchev–Trinajstić information content (AvgIpc) is 2.71. The Hall–Kier alpha value is -3.26. The van der Waals surface area contributed by atoms with Crippen LogP contribution in [0.2, 0.25) is 0 Å². The van der Waals surface area contributed by atoms with Gasteiger partial charge in [-0.3, -0.25) is 9.97 Å². The number of aromatic nitrogens is 2. The van der Waals surface area contributed by atoms with E-state index < -0.39 is 0 Å². The Bertz CT molecular complexity index is 1140. The van der Waals surface area contributed by atoms with Gasteiger partial charge in [-0.2, -0.15) is 0 Å². The van der Waals surface area contributed by atoms with E-state index in [1.165, 1.54) is 22.3 Å². The molecule has 0 aliphatic heterocycles. The highest BCUT2D eigenvalue weighted by Crippen LogP contribution is 2.33. The van der Waals surface area contributed by atoms with Crippen LogP contribution in [0.3, 0.4) is 0 Å². The second-order valence-electron chi connectivity index (χ2n) is 6.18. The van der Waals surface area contributed by atoms with Gasteiger partial charge >= 0.3 is 0 Å². The maximum atomic E-state index is 4.67. The van der Waals surface area contributed by atoms with Crippen molar-refractivity contribution in [1.29, 1.82) is 0 Å². The molecule has 2 aromatic carbocycles. The predicted octanol–water partition coefficient (Wildman–Crippen LogP) is 6.43. The fourth-order valence-electron chi connectivity index (χ4n) is 3.47. The van der Waals surface area contributed by atoms with Crippen molar-refractivity contribution in [2.24, 2.45) is 0 Å². The lowest BCUT2D eigenvalue weighted by atomic mass is 9.96. The van der Waals surface area contributed by atoms with Crippen LogP contribution in [-0.2, 0) is 0 Å². The van der Waals surface area contributed by atoms with Crippen molar-refractivity contribution in [2.45, 2.75) is 13.8 Å². The van der Waals surface area contributed by atoms with E-state index in [1.807, 2.05) is 25.4 Å². The van der Waals surface area contributed by atoms with Gasteiger partial charge in [-0.25, -0.2) is 0 Å². The van der Waals surface area contributed by atoms with Crippen molar-refractivity contribution in [2.75, 3.05) is 0 Å². The van der Waals surface area contributed by atoms with E-state index in [4.69, 9.17) is 0 Å². The molecule has 0 bridgehead atoms. The molecule has 0 atom stereocenters. The van der Waals surface area contributed by atoms with Crippen molar-refractivity contribution in [3.8, 4) is 11.1 Å². The Kier molecular flexibility index (Phi) is 4.32. The van der Waals surface area contributed by atoms with Crippen LogP contribution in [0.1, 0.15) is 19.4 Å². The minimum Gasteiger partial charge on any atom is -0.254 e. The number of fused-ring (bicyclic) bond motifs is 3. The third-order valence-corrected chi connectivity index (χ3v) is 4.67. The van der Waals surface area contributed by atoms with Crippen LogP contribution in [-0.4, -0.2) is 9.97 Å². The third kappa shape index (κ3) is 2.70. The van der Waals surface area contributed by atoms with Crippen LogP contribution in [0.15, 0.2) is 85.2 Å². The van der Waals surface area contributed by atoms with Crippen molar-refractivity contribution in [3.05, 3.63) is 90.8 Å². The summed E-state index contributed by atoms with van der Waals surface area (Å²) < 4.78 is 0. The number of hydrogen-bond acceptors (Lipinski definition) is 2. The van der Waals surface area contributed by atoms with Gasteiger partial charge in [0.15, 0.2) is 0 Å². The lowest BCUT2D eigenvalue weighted by Crippen LogP contribution is -1.91. The minimum atomic E-state index is 0.946. The lowest BCUT2D eigenvalue weighted by molar-refractivity contribution is 1.37. The highest BCUT2D eigenvalue weighted by molar-refractivity contribution is 6.10. The summed E-state index contributed by atoms with van der Waals surface area (Å²) in [6.45, 7) is 4.10. The van der Waals surface area contributed by atoms with Gasteiger partial charge in [0.05, 0.1) is 11.0 Å². The maximum absolute atomic E-state index is 4.67. The van der Waals surface area contributed by atoms with Gasteiger partial charge < -0.3 is 0 Å². The summed E-state index contributed by atoms with van der Waals surface area (Å²) in [5, 5.41) is 2.26. The fourth-order valence-corrected chi connectivity index (χ4v) is 3.47. The molecule has 0 radical (unpaired) electrons. The molecule has 2 heterocycles. The quantitative estimate of drug-likeness (QED) is 0.318. The number of rotatable bonds is 3. The smallest absolute Gasteiger partial charge is 0.0970 e. The van der Waals surface area contributed by atoms with Gasteiger partial charge in [-0.1, -0.05) is 60.7 Å². The zero-order chi connectivity index (χ0) is 17.9. The van der Waals surface area contributed by atoms with Gasteiger partial charge in [0, 0.05) is 23.2 Å². The molecule has 4 rings (SSSR count). The van der Waals surface area contributed by atoms with Gasteiger partial charge in [0.25, 0.3) is 0 Å². The van der Waals surface area contributed by atoms with E-state index >= 15 is 0 Å². The molecule has 0 saturated carbocycles. The zero-order valence-electron chi connectivity index (χ0n) is 15.0. The first kappa shape index (κ1) is 16.2. The second kappa shape index (κ2) is 6.93. The standard InChI is InChI=1S/C24H20N2/c1-3-8-17(4-2)19-13-15-25-23-21(19)11-12-22-20(14-16-26-24(22)23)18-9-6-5-7-10-18/h3-16H,1-2H3/b8-3-,17-4+. The topological polar surface area (TPSA) is 25.8 Å². The molecular weight excluding hydrogens is 316 g/mol. The van der Waals surface area contributed by atoms with Crippen molar-refractivity contribution >= 4 is 27.4 Å². The van der Waals surface area contributed by atoms with Crippen molar-refractivity contribution < 1.29 is 0 Å². The molecule has 2 nitrogen and oxygen atoms in total. The SMILES string of the molecule is C/C=C\C(=C/C)c1ccnc2c1ccc1c(-c3ccccc3)ccnc12. The molecule has 0 N–H and O–H groups in total. The Labute approximate surface area is 153 Å². The van der Waals surface area contributed by atoms with E-state index in [2.05, 4.69) is 83.7 Å². The Morgan fingerprint density at radius 2 is 1.46 bits per heavy atom. The van der Waals surface area contributed by atoms with Crippen molar-refractivity contribution in [3.63, 3.8) is 0 Å². The van der Waals surface area contributed by atoms with E-state index in [9.17, 15) is 0 Å². The van der Waals surface area contributed by atoms with E-state index in [-0.39, 0.29) is 0 Å². The summed E-state index contributed by atoms with van der Waals surface area (Å²) in [4.78, 5) is 9.34. The van der Waals surface area contributed by atoms with Gasteiger partial charge in [0.1, 0.15) is 0 Å². The van der Waals surface area contributed by atoms with Crippen LogP contribution in [0.25, 0.3) is 38.5 Å². The first-order valence-corrected chi connectivity index (χ1v) is 8.84. The number of pyridine rings is 2. The molecule has 0 fully saturated rings. The third-order valence-electron chi connectivity index (χ3n) is 4.67. The molecule has 0 aliphatic carbocycles. The molecule has 0 unspecified atom stereocenters. The predicted molar refractivity (Wildman–Crippen MR) is 111 cm³/mol. The number of benzene rings is 2. The summed E-state index contributed by atoms with van der Waals surface area (Å²) in [5.41, 5.74) is 6.65. The molecule has 0 amide bonds. The molecule has 2 heteroatoms. The van der Waals surface area contributed by atoms with Crippen LogP contribution < -0.4 is 0 Å². The molecule has 0 aliphatic rings. The monoisotopic (exact) mass is 336 g/mol. The Morgan fingerprint density at radius 3 is 2.19 bits per heavy atom. The molecular formula is C24H20N2. The summed E-state index contributed by atoms with van der Waals surface area (Å²) in [7, 11) is 0. The van der Waals surface area contributed by atoms with Crippen molar-refractivity contribution in [1.82, 2.24) is 9.97 Å². The first-order chi connectivity index (χ1) is 12.8. The summed E-state index contributed by atoms with van der Waals surface area (Å²) in [6, 6.07) is 18.9. The molecule has 26 heavy (non-hydrogen) atoms. The molecule has 4 aromatic rings. The molecule has 2 aromatic heterocycles. The van der Waals surface area contributed by atoms with E-state index in [1.54, 1.807) is 0 Å². The Balaban J connectivity index is 2.03. The highest BCUT2D eigenvalue weighted by atomic mass is 14.7. The van der Waals surface area contributed by atoms with Gasteiger partial charge in [-0.15, -0.1) is 0 Å². The van der Waals surface area contributed by atoms with Crippen LogP contribution in [0.5, 0.6) is 0 Å². The van der Waals surface area contributed by atoms with Crippen LogP contribution in [0, 0.1) is 0 Å². The summed E-state index contributed by atoms with van der Waals surface area (Å²) >= 11 is 0. The second-order valence-corrected chi connectivity index (χ2v) is 6.18.